The summed E-state index contributed by atoms with van der Waals surface area (Å²) in [6.45, 7) is 0. The van der Waals surface area contributed by atoms with E-state index in [-0.39, 0.29) is 5.69 Å². The van der Waals surface area contributed by atoms with Gasteiger partial charge in [-0.05, 0) is 55.4 Å². The predicted molar refractivity (Wildman–Crippen MR) is 97.8 cm³/mol. The quantitative estimate of drug-likeness (QED) is 0.714. The fourth-order valence-electron chi connectivity index (χ4n) is 3.43. The SMILES string of the molecule is O=C(O)c1[nH]nnc1SC1CCC(c2ccc(-n3cccn3)cc2)CC1. The average molecular weight is 369 g/mol. The van der Waals surface area contributed by atoms with E-state index in [1.165, 1.54) is 17.3 Å². The van der Waals surface area contributed by atoms with Crippen molar-refractivity contribution in [1.82, 2.24) is 25.2 Å². The van der Waals surface area contributed by atoms with Crippen LogP contribution in [0.15, 0.2) is 47.8 Å². The number of hydrogen-bond acceptors (Lipinski definition) is 5. The summed E-state index contributed by atoms with van der Waals surface area (Å²) >= 11 is 1.53. The topological polar surface area (TPSA) is 96.7 Å². The van der Waals surface area contributed by atoms with Gasteiger partial charge in [-0.15, -0.1) is 5.10 Å². The van der Waals surface area contributed by atoms with Gasteiger partial charge in [0.25, 0.3) is 0 Å². The van der Waals surface area contributed by atoms with E-state index in [1.54, 1.807) is 6.20 Å². The van der Waals surface area contributed by atoms with Crippen molar-refractivity contribution in [2.45, 2.75) is 41.9 Å². The van der Waals surface area contributed by atoms with Crippen molar-refractivity contribution in [2.24, 2.45) is 0 Å². The van der Waals surface area contributed by atoms with Gasteiger partial charge < -0.3 is 5.11 Å². The Morgan fingerprint density at radius 3 is 2.62 bits per heavy atom. The summed E-state index contributed by atoms with van der Waals surface area (Å²) in [7, 11) is 0. The summed E-state index contributed by atoms with van der Waals surface area (Å²) in [6, 6.07) is 10.5. The monoisotopic (exact) mass is 369 g/mol. The predicted octanol–water partition coefficient (Wildman–Crippen LogP) is 3.51. The summed E-state index contributed by atoms with van der Waals surface area (Å²) in [5.41, 5.74) is 2.51. The highest BCUT2D eigenvalue weighted by molar-refractivity contribution is 7.99. The molecule has 1 saturated carbocycles. The van der Waals surface area contributed by atoms with E-state index >= 15 is 0 Å². The Morgan fingerprint density at radius 1 is 1.19 bits per heavy atom. The van der Waals surface area contributed by atoms with Crippen molar-refractivity contribution in [3.8, 4) is 5.69 Å². The van der Waals surface area contributed by atoms with Gasteiger partial charge in [-0.2, -0.15) is 5.10 Å². The maximum Gasteiger partial charge on any atom is 0.356 e. The third-order valence-electron chi connectivity index (χ3n) is 4.82. The number of aromatic amines is 1. The van der Waals surface area contributed by atoms with Gasteiger partial charge in [-0.25, -0.2) is 9.48 Å². The molecule has 0 radical (unpaired) electrons. The molecule has 0 amide bonds. The Morgan fingerprint density at radius 2 is 1.96 bits per heavy atom. The van der Waals surface area contributed by atoms with Gasteiger partial charge in [0.15, 0.2) is 10.7 Å². The molecule has 1 aliphatic carbocycles. The Balaban J connectivity index is 1.36. The molecule has 2 N–H and O–H groups in total. The van der Waals surface area contributed by atoms with Crippen LogP contribution in [0.1, 0.15) is 47.7 Å². The maximum atomic E-state index is 11.1. The first kappa shape index (κ1) is 16.8. The number of hydrogen-bond donors (Lipinski definition) is 2. The third-order valence-corrected chi connectivity index (χ3v) is 6.13. The number of rotatable bonds is 5. The van der Waals surface area contributed by atoms with E-state index in [4.69, 9.17) is 5.11 Å². The number of aromatic carboxylic acids is 1. The summed E-state index contributed by atoms with van der Waals surface area (Å²) < 4.78 is 1.86. The van der Waals surface area contributed by atoms with Crippen molar-refractivity contribution in [1.29, 1.82) is 0 Å². The molecule has 1 aromatic carbocycles. The van der Waals surface area contributed by atoms with Crippen LogP contribution in [-0.4, -0.2) is 41.5 Å². The molecule has 7 nitrogen and oxygen atoms in total. The fraction of sp³-hybridized carbons (Fsp3) is 0.333. The smallest absolute Gasteiger partial charge is 0.356 e. The Kier molecular flexibility index (Phi) is 4.75. The summed E-state index contributed by atoms with van der Waals surface area (Å²) in [6.07, 6.45) is 7.99. The van der Waals surface area contributed by atoms with Crippen molar-refractivity contribution in [2.75, 3.05) is 0 Å². The molecule has 0 spiro atoms. The average Bonchev–Trinajstić information content (AvgIpc) is 3.34. The van der Waals surface area contributed by atoms with E-state index in [0.717, 1.165) is 31.4 Å². The van der Waals surface area contributed by atoms with Gasteiger partial charge in [0, 0.05) is 17.6 Å². The molecule has 134 valence electrons. The number of benzene rings is 1. The molecule has 4 rings (SSSR count). The van der Waals surface area contributed by atoms with Crippen LogP contribution < -0.4 is 0 Å². The maximum absolute atomic E-state index is 11.1. The molecular formula is C18H19N5O2S. The van der Waals surface area contributed by atoms with Crippen molar-refractivity contribution in [3.63, 3.8) is 0 Å². The second-order valence-electron chi connectivity index (χ2n) is 6.43. The van der Waals surface area contributed by atoms with Gasteiger partial charge in [0.1, 0.15) is 0 Å². The molecule has 1 fully saturated rings. The number of carboxylic acid groups (broad SMARTS) is 1. The zero-order valence-electron chi connectivity index (χ0n) is 14.1. The number of nitrogens with one attached hydrogen (secondary N) is 1. The molecule has 0 bridgehead atoms. The van der Waals surface area contributed by atoms with Gasteiger partial charge in [-0.3, -0.25) is 5.10 Å². The lowest BCUT2D eigenvalue weighted by Crippen LogP contribution is -2.15. The standard InChI is InChI=1S/C18H19N5O2S/c24-18(25)16-17(21-22-20-16)26-15-8-4-13(5-9-15)12-2-6-14(7-3-12)23-11-1-10-19-23/h1-3,6-7,10-11,13,15H,4-5,8-9H2,(H,24,25)(H,20,21,22). The highest BCUT2D eigenvalue weighted by Gasteiger charge is 2.26. The van der Waals surface area contributed by atoms with E-state index < -0.39 is 5.97 Å². The highest BCUT2D eigenvalue weighted by Crippen LogP contribution is 2.40. The number of aromatic nitrogens is 5. The molecule has 0 aliphatic heterocycles. The van der Waals surface area contributed by atoms with Crippen molar-refractivity contribution >= 4 is 17.7 Å². The molecular weight excluding hydrogens is 350 g/mol. The van der Waals surface area contributed by atoms with Gasteiger partial charge in [0.05, 0.1) is 5.69 Å². The van der Waals surface area contributed by atoms with Gasteiger partial charge in [0.2, 0.25) is 0 Å². The van der Waals surface area contributed by atoms with Crippen LogP contribution >= 0.6 is 11.8 Å². The molecule has 3 aromatic rings. The minimum atomic E-state index is -1.01. The van der Waals surface area contributed by atoms with Crippen LogP contribution in [0, 0.1) is 0 Å². The normalized spacial score (nSPS) is 20.2. The van der Waals surface area contributed by atoms with Crippen LogP contribution in [0.3, 0.4) is 0 Å². The minimum Gasteiger partial charge on any atom is -0.476 e. The number of carboxylic acids is 1. The summed E-state index contributed by atoms with van der Waals surface area (Å²) in [4.78, 5) is 11.1. The number of carbonyl (C=O) groups is 1. The number of thioether (sulfide) groups is 1. The zero-order chi connectivity index (χ0) is 17.9. The first-order valence-electron chi connectivity index (χ1n) is 8.61. The van der Waals surface area contributed by atoms with Crippen molar-refractivity contribution < 1.29 is 9.90 Å². The lowest BCUT2D eigenvalue weighted by molar-refractivity contribution is 0.0686. The first-order chi connectivity index (χ1) is 12.7. The van der Waals surface area contributed by atoms with Gasteiger partial charge >= 0.3 is 5.97 Å². The molecule has 1 aliphatic rings. The van der Waals surface area contributed by atoms with Crippen LogP contribution in [0.25, 0.3) is 5.69 Å². The van der Waals surface area contributed by atoms with Gasteiger partial charge in [-0.1, -0.05) is 29.1 Å². The molecule has 2 aromatic heterocycles. The van der Waals surface area contributed by atoms with Crippen LogP contribution in [0.5, 0.6) is 0 Å². The van der Waals surface area contributed by atoms with E-state index in [2.05, 4.69) is 44.8 Å². The Bertz CT molecular complexity index is 867. The molecule has 8 heteroatoms. The molecule has 26 heavy (non-hydrogen) atoms. The van der Waals surface area contributed by atoms with Crippen LogP contribution in [-0.2, 0) is 0 Å². The summed E-state index contributed by atoms with van der Waals surface area (Å²) in [5, 5.41) is 24.2. The Hall–Kier alpha value is -2.61. The second kappa shape index (κ2) is 7.33. The fourth-order valence-corrected chi connectivity index (χ4v) is 4.60. The second-order valence-corrected chi connectivity index (χ2v) is 7.72. The molecule has 2 heterocycles. The van der Waals surface area contributed by atoms with Crippen LogP contribution in [0.4, 0.5) is 0 Å². The highest BCUT2D eigenvalue weighted by atomic mass is 32.2. The minimum absolute atomic E-state index is 0.0892. The Labute approximate surface area is 154 Å². The molecule has 0 saturated heterocycles. The largest absolute Gasteiger partial charge is 0.476 e. The number of nitrogens with zero attached hydrogens (tertiary/aromatic N) is 4. The zero-order valence-corrected chi connectivity index (χ0v) is 14.9. The molecule has 0 unspecified atom stereocenters. The number of H-pyrrole nitrogens is 1. The van der Waals surface area contributed by atoms with Crippen LogP contribution in [0.2, 0.25) is 0 Å². The van der Waals surface area contributed by atoms with Crippen molar-refractivity contribution in [3.05, 3.63) is 54.0 Å². The lowest BCUT2D eigenvalue weighted by atomic mass is 9.84. The lowest BCUT2D eigenvalue weighted by Gasteiger charge is -2.28. The third kappa shape index (κ3) is 3.50. The van der Waals surface area contributed by atoms with E-state index in [1.807, 2.05) is 16.9 Å². The van der Waals surface area contributed by atoms with E-state index in [9.17, 15) is 4.79 Å². The van der Waals surface area contributed by atoms with E-state index in [0.29, 0.717) is 16.2 Å². The molecule has 0 atom stereocenters. The summed E-state index contributed by atoms with van der Waals surface area (Å²) in [5.74, 6) is -0.460. The first-order valence-corrected chi connectivity index (χ1v) is 9.49.